The summed E-state index contributed by atoms with van der Waals surface area (Å²) in [5.74, 6) is -2.24. The Balaban J connectivity index is 2.01. The molecule has 1 aromatic carbocycles. The number of amides is 1. The Morgan fingerprint density at radius 1 is 1.26 bits per heavy atom. The van der Waals surface area contributed by atoms with E-state index in [0.717, 1.165) is 12.1 Å². The monoisotopic (exact) mass is 320 g/mol. The van der Waals surface area contributed by atoms with E-state index < -0.39 is 17.7 Å². The van der Waals surface area contributed by atoms with Crippen LogP contribution in [-0.4, -0.2) is 30.6 Å². The number of halogens is 2. The number of anilines is 1. The van der Waals surface area contributed by atoms with Crippen molar-refractivity contribution >= 4 is 22.9 Å². The van der Waals surface area contributed by atoms with E-state index in [-0.39, 0.29) is 23.3 Å². The number of nitrogens with zero attached hydrogens (tertiary/aromatic N) is 4. The molecule has 1 amide bonds. The first-order valence-corrected chi connectivity index (χ1v) is 6.95. The zero-order valence-corrected chi connectivity index (χ0v) is 12.4. The minimum Gasteiger partial charge on any atom is -0.318 e. The largest absolute Gasteiger partial charge is 0.318 e. The number of nitrogens with one attached hydrogen (secondary N) is 2. The molecule has 1 atom stereocenters. The molecule has 0 aliphatic rings. The Bertz CT molecular complexity index is 842. The Morgan fingerprint density at radius 3 is 2.65 bits per heavy atom. The second-order valence-electron chi connectivity index (χ2n) is 5.42. The fraction of sp³-hybridized carbons (Fsp3) is 0.286. The fourth-order valence-corrected chi connectivity index (χ4v) is 2.45. The van der Waals surface area contributed by atoms with E-state index in [1.54, 1.807) is 0 Å². The van der Waals surface area contributed by atoms with Gasteiger partial charge in [-0.3, -0.25) is 10.1 Å². The number of imidazole rings is 1. The highest BCUT2D eigenvalue weighted by Crippen LogP contribution is 2.26. The first kappa shape index (κ1) is 15.1. The summed E-state index contributed by atoms with van der Waals surface area (Å²) in [6.45, 7) is 3.69. The molecule has 2 heterocycles. The van der Waals surface area contributed by atoms with Gasteiger partial charge in [-0.15, -0.1) is 0 Å². The zero-order chi connectivity index (χ0) is 16.6. The average Bonchev–Trinajstić information content (AvgIpc) is 3.11. The van der Waals surface area contributed by atoms with Crippen LogP contribution >= 0.6 is 0 Å². The third kappa shape index (κ3) is 2.77. The Labute approximate surface area is 129 Å². The molecule has 0 unspecified atom stereocenters. The van der Waals surface area contributed by atoms with Crippen LogP contribution in [0.4, 0.5) is 14.7 Å². The van der Waals surface area contributed by atoms with Gasteiger partial charge in [-0.1, -0.05) is 13.8 Å². The van der Waals surface area contributed by atoms with Gasteiger partial charge < -0.3 is 4.57 Å². The second-order valence-corrected chi connectivity index (χ2v) is 5.42. The summed E-state index contributed by atoms with van der Waals surface area (Å²) in [6, 6.07) is 1.37. The SMILES string of the molecule is CC(C)[C@H](C(=O)Nc1ncn[nH]1)n1cnc2cc(F)c(F)cc21. The molecule has 2 N–H and O–H groups in total. The summed E-state index contributed by atoms with van der Waals surface area (Å²) in [4.78, 5) is 20.4. The highest BCUT2D eigenvalue weighted by atomic mass is 19.2. The van der Waals surface area contributed by atoms with Crippen LogP contribution in [0.1, 0.15) is 19.9 Å². The van der Waals surface area contributed by atoms with Gasteiger partial charge in [0.25, 0.3) is 0 Å². The summed E-state index contributed by atoms with van der Waals surface area (Å²) >= 11 is 0. The van der Waals surface area contributed by atoms with E-state index in [2.05, 4.69) is 25.5 Å². The third-order valence-electron chi connectivity index (χ3n) is 3.47. The highest BCUT2D eigenvalue weighted by Gasteiger charge is 2.26. The van der Waals surface area contributed by atoms with Gasteiger partial charge in [-0.2, -0.15) is 10.1 Å². The molecule has 9 heteroatoms. The predicted octanol–water partition coefficient (Wildman–Crippen LogP) is 2.27. The van der Waals surface area contributed by atoms with E-state index in [9.17, 15) is 13.6 Å². The van der Waals surface area contributed by atoms with Crippen LogP contribution < -0.4 is 5.32 Å². The fourth-order valence-electron chi connectivity index (χ4n) is 2.45. The Morgan fingerprint density at radius 2 is 2.00 bits per heavy atom. The van der Waals surface area contributed by atoms with Gasteiger partial charge in [0, 0.05) is 12.1 Å². The van der Waals surface area contributed by atoms with Crippen molar-refractivity contribution in [2.24, 2.45) is 5.92 Å². The molecule has 7 nitrogen and oxygen atoms in total. The predicted molar refractivity (Wildman–Crippen MR) is 78.5 cm³/mol. The lowest BCUT2D eigenvalue weighted by atomic mass is 10.0. The summed E-state index contributed by atoms with van der Waals surface area (Å²) in [6.07, 6.45) is 2.67. The van der Waals surface area contributed by atoms with Crippen molar-refractivity contribution in [1.29, 1.82) is 0 Å². The summed E-state index contributed by atoms with van der Waals surface area (Å²) < 4.78 is 28.4. The molecule has 2 aromatic heterocycles. The lowest BCUT2D eigenvalue weighted by Crippen LogP contribution is -2.30. The number of aromatic nitrogens is 5. The van der Waals surface area contributed by atoms with Crippen LogP contribution in [0.2, 0.25) is 0 Å². The van der Waals surface area contributed by atoms with Crippen LogP contribution in [-0.2, 0) is 4.79 Å². The number of H-pyrrole nitrogens is 1. The number of rotatable bonds is 4. The smallest absolute Gasteiger partial charge is 0.250 e. The van der Waals surface area contributed by atoms with Gasteiger partial charge in [-0.05, 0) is 5.92 Å². The molecule has 0 aliphatic heterocycles. The molecule has 0 saturated heterocycles. The molecule has 3 rings (SSSR count). The minimum atomic E-state index is -0.989. The quantitative estimate of drug-likeness (QED) is 0.772. The lowest BCUT2D eigenvalue weighted by Gasteiger charge is -2.21. The number of benzene rings is 1. The van der Waals surface area contributed by atoms with E-state index in [0.29, 0.717) is 5.52 Å². The molecule has 0 spiro atoms. The minimum absolute atomic E-state index is 0.122. The molecule has 120 valence electrons. The normalized spacial score (nSPS) is 12.7. The average molecular weight is 320 g/mol. The number of hydrogen-bond donors (Lipinski definition) is 2. The highest BCUT2D eigenvalue weighted by molar-refractivity contribution is 5.93. The number of aromatic amines is 1. The first-order valence-electron chi connectivity index (χ1n) is 6.95. The van der Waals surface area contributed by atoms with Crippen molar-refractivity contribution in [2.75, 3.05) is 5.32 Å². The maximum absolute atomic E-state index is 13.5. The third-order valence-corrected chi connectivity index (χ3v) is 3.47. The summed E-state index contributed by atoms with van der Waals surface area (Å²) in [5.41, 5.74) is 0.623. The Hall–Kier alpha value is -2.84. The standard InChI is InChI=1S/C14H14F2N6O/c1-7(2)12(13(23)20-14-17-5-19-21-14)22-6-18-10-3-8(15)9(16)4-11(10)22/h3-7,12H,1-2H3,(H2,17,19,20,21,23)/t12-/m1/s1. The number of carbonyl (C=O) groups is 1. The molecule has 0 saturated carbocycles. The van der Waals surface area contributed by atoms with Crippen molar-refractivity contribution in [1.82, 2.24) is 24.7 Å². The van der Waals surface area contributed by atoms with E-state index in [1.165, 1.54) is 17.2 Å². The van der Waals surface area contributed by atoms with Crippen molar-refractivity contribution in [3.8, 4) is 0 Å². The molecule has 0 aliphatic carbocycles. The number of carbonyl (C=O) groups excluding carboxylic acids is 1. The molecule has 3 aromatic rings. The van der Waals surface area contributed by atoms with Crippen LogP contribution in [0.5, 0.6) is 0 Å². The molecule has 0 fully saturated rings. The maximum Gasteiger partial charge on any atom is 0.250 e. The van der Waals surface area contributed by atoms with Gasteiger partial charge in [0.15, 0.2) is 11.6 Å². The molecule has 23 heavy (non-hydrogen) atoms. The van der Waals surface area contributed by atoms with Crippen LogP contribution in [0, 0.1) is 17.6 Å². The van der Waals surface area contributed by atoms with Gasteiger partial charge in [0.05, 0.1) is 17.4 Å². The van der Waals surface area contributed by atoms with Gasteiger partial charge in [-0.25, -0.2) is 18.9 Å². The molecular weight excluding hydrogens is 306 g/mol. The van der Waals surface area contributed by atoms with Crippen molar-refractivity contribution in [2.45, 2.75) is 19.9 Å². The van der Waals surface area contributed by atoms with Crippen molar-refractivity contribution in [3.05, 3.63) is 36.4 Å². The molecule has 0 bridgehead atoms. The lowest BCUT2D eigenvalue weighted by molar-refractivity contribution is -0.120. The number of hydrogen-bond acceptors (Lipinski definition) is 4. The first-order chi connectivity index (χ1) is 11.0. The second kappa shape index (κ2) is 5.75. The van der Waals surface area contributed by atoms with E-state index in [1.807, 2.05) is 13.8 Å². The summed E-state index contributed by atoms with van der Waals surface area (Å²) in [5, 5.41) is 8.78. The topological polar surface area (TPSA) is 88.5 Å². The maximum atomic E-state index is 13.5. The zero-order valence-electron chi connectivity index (χ0n) is 12.4. The summed E-state index contributed by atoms with van der Waals surface area (Å²) in [7, 11) is 0. The Kier molecular flexibility index (Phi) is 3.77. The van der Waals surface area contributed by atoms with E-state index >= 15 is 0 Å². The number of fused-ring (bicyclic) bond motifs is 1. The molecular formula is C14H14F2N6O. The van der Waals surface area contributed by atoms with Crippen LogP contribution in [0.15, 0.2) is 24.8 Å². The van der Waals surface area contributed by atoms with E-state index in [4.69, 9.17) is 0 Å². The van der Waals surface area contributed by atoms with Crippen LogP contribution in [0.25, 0.3) is 11.0 Å². The van der Waals surface area contributed by atoms with Crippen molar-refractivity contribution < 1.29 is 13.6 Å². The van der Waals surface area contributed by atoms with Crippen molar-refractivity contribution in [3.63, 3.8) is 0 Å². The van der Waals surface area contributed by atoms with Gasteiger partial charge in [0.1, 0.15) is 12.4 Å². The van der Waals surface area contributed by atoms with Gasteiger partial charge in [0.2, 0.25) is 11.9 Å². The molecule has 0 radical (unpaired) electrons. The van der Waals surface area contributed by atoms with Gasteiger partial charge >= 0.3 is 0 Å². The van der Waals surface area contributed by atoms with Crippen LogP contribution in [0.3, 0.4) is 0 Å².